The Labute approximate surface area is 233 Å². The van der Waals surface area contributed by atoms with Gasteiger partial charge in [-0.2, -0.15) is 0 Å². The van der Waals surface area contributed by atoms with E-state index in [0.29, 0.717) is 18.0 Å². The Morgan fingerprint density at radius 3 is 1.95 bits per heavy atom. The molecule has 7 nitrogen and oxygen atoms in total. The maximum atomic E-state index is 6.22. The molecule has 2 aromatic carbocycles. The highest BCUT2D eigenvalue weighted by molar-refractivity contribution is 5.68. The van der Waals surface area contributed by atoms with Gasteiger partial charge in [0.2, 0.25) is 6.79 Å². The van der Waals surface area contributed by atoms with Crippen molar-refractivity contribution in [1.29, 1.82) is 0 Å². The van der Waals surface area contributed by atoms with E-state index in [9.17, 15) is 0 Å². The van der Waals surface area contributed by atoms with Gasteiger partial charge in [0.25, 0.3) is 0 Å². The van der Waals surface area contributed by atoms with Gasteiger partial charge >= 0.3 is 0 Å². The molecule has 0 saturated carbocycles. The second kappa shape index (κ2) is 9.20. The molecule has 1 fully saturated rings. The minimum Gasteiger partial charge on any atom is -0.496 e. The molecular formula is C32H44N2O5. The normalized spacial score (nSPS) is 30.9. The molecule has 6 unspecified atom stereocenters. The van der Waals surface area contributed by atoms with Crippen LogP contribution in [0.5, 0.6) is 28.7 Å². The first-order chi connectivity index (χ1) is 18.7. The van der Waals surface area contributed by atoms with Gasteiger partial charge in [-0.15, -0.1) is 0 Å². The van der Waals surface area contributed by atoms with E-state index >= 15 is 0 Å². The third kappa shape index (κ3) is 3.17. The monoisotopic (exact) mass is 536 g/mol. The van der Waals surface area contributed by atoms with Gasteiger partial charge in [-0.3, -0.25) is 9.80 Å². The topological polar surface area (TPSA) is 52.6 Å². The number of likely N-dealkylation sites (N-methyl/N-ethyl adjacent to an activating group) is 1. The molecule has 4 aliphatic rings. The average molecular weight is 537 g/mol. The smallest absolute Gasteiger partial charge is 0.231 e. The Hall–Kier alpha value is -2.64. The fraction of sp³-hybridized carbons (Fsp3) is 0.625. The molecule has 0 aliphatic carbocycles. The highest BCUT2D eigenvalue weighted by atomic mass is 16.7. The summed E-state index contributed by atoms with van der Waals surface area (Å²) < 4.78 is 30.6. The predicted molar refractivity (Wildman–Crippen MR) is 152 cm³/mol. The van der Waals surface area contributed by atoms with Crippen molar-refractivity contribution in [2.24, 2.45) is 0 Å². The molecule has 2 bridgehead atoms. The molecule has 212 valence electrons. The van der Waals surface area contributed by atoms with Gasteiger partial charge in [0.1, 0.15) is 5.75 Å². The van der Waals surface area contributed by atoms with E-state index in [1.807, 2.05) is 0 Å². The first-order valence-corrected chi connectivity index (χ1v) is 14.4. The maximum absolute atomic E-state index is 6.22. The molecule has 4 aliphatic heterocycles. The van der Waals surface area contributed by atoms with Crippen LogP contribution in [-0.2, 0) is 0 Å². The third-order valence-electron chi connectivity index (χ3n) is 10.6. The number of benzene rings is 2. The predicted octanol–water partition coefficient (Wildman–Crippen LogP) is 6.17. The van der Waals surface area contributed by atoms with Crippen molar-refractivity contribution in [2.75, 3.05) is 35.2 Å². The number of ether oxygens (including phenoxy) is 5. The van der Waals surface area contributed by atoms with Crippen molar-refractivity contribution < 1.29 is 23.7 Å². The van der Waals surface area contributed by atoms with Crippen LogP contribution in [0.25, 0.3) is 0 Å². The van der Waals surface area contributed by atoms with Crippen molar-refractivity contribution in [2.45, 2.75) is 96.9 Å². The quantitative estimate of drug-likeness (QED) is 0.463. The Bertz CT molecular complexity index is 1340. The fourth-order valence-electron chi connectivity index (χ4n) is 9.12. The van der Waals surface area contributed by atoms with Crippen LogP contribution < -0.4 is 23.7 Å². The van der Waals surface area contributed by atoms with Crippen LogP contribution >= 0.6 is 0 Å². The third-order valence-corrected chi connectivity index (χ3v) is 10.6. The maximum Gasteiger partial charge on any atom is 0.231 e. The molecule has 0 spiro atoms. The zero-order valence-corrected chi connectivity index (χ0v) is 25.4. The Morgan fingerprint density at radius 1 is 0.718 bits per heavy atom. The van der Waals surface area contributed by atoms with Crippen LogP contribution in [0.1, 0.15) is 97.0 Å². The van der Waals surface area contributed by atoms with E-state index < -0.39 is 0 Å². The van der Waals surface area contributed by atoms with E-state index in [1.54, 1.807) is 21.3 Å². The van der Waals surface area contributed by atoms with Crippen molar-refractivity contribution >= 4 is 0 Å². The van der Waals surface area contributed by atoms with Gasteiger partial charge in [-0.1, -0.05) is 20.8 Å². The van der Waals surface area contributed by atoms with Crippen LogP contribution in [0.15, 0.2) is 0 Å². The molecule has 4 heterocycles. The summed E-state index contributed by atoms with van der Waals surface area (Å²) in [5.74, 6) is 4.94. The average Bonchev–Trinajstić information content (AvgIpc) is 3.41. The number of methoxy groups -OCH3 is 3. The van der Waals surface area contributed by atoms with Gasteiger partial charge in [-0.05, 0) is 63.8 Å². The summed E-state index contributed by atoms with van der Waals surface area (Å²) in [6.07, 6.45) is 0.973. The van der Waals surface area contributed by atoms with E-state index in [2.05, 4.69) is 65.3 Å². The molecule has 1 saturated heterocycles. The summed E-state index contributed by atoms with van der Waals surface area (Å²) >= 11 is 0. The Balaban J connectivity index is 1.68. The molecule has 0 amide bonds. The van der Waals surface area contributed by atoms with Crippen LogP contribution in [0.2, 0.25) is 0 Å². The molecule has 6 rings (SSSR count). The zero-order chi connectivity index (χ0) is 28.1. The molecule has 0 radical (unpaired) electrons. The minimum atomic E-state index is 0.133. The highest BCUT2D eigenvalue weighted by Crippen LogP contribution is 2.63. The molecule has 7 atom stereocenters. The minimum absolute atomic E-state index is 0.133. The van der Waals surface area contributed by atoms with E-state index in [0.717, 1.165) is 40.7 Å². The number of nitrogens with zero attached hydrogens (tertiary/aromatic N) is 2. The molecule has 0 N–H and O–H groups in total. The van der Waals surface area contributed by atoms with Crippen molar-refractivity contribution in [3.8, 4) is 28.7 Å². The standard InChI is InChI=1S/C32H44N2O5/c1-12-20-23-22(28(35-9)18(6)30-32(23)39-13-38-30)17(5)26-27-24-21(14(2)15(3)29(36-10)31(24)37-11)16(4)25(33(27)8)19(7)34(20)26/h16-17,19-20,25-27H,12-13H2,1-11H3/t16?,17?,19?,20-,25?,26?,27?/m0/s1. The van der Waals surface area contributed by atoms with E-state index in [1.165, 1.54) is 33.4 Å². The fourth-order valence-corrected chi connectivity index (χ4v) is 9.12. The summed E-state index contributed by atoms with van der Waals surface area (Å²) in [6, 6.07) is 1.22. The Morgan fingerprint density at radius 2 is 1.33 bits per heavy atom. The molecule has 7 heteroatoms. The summed E-state index contributed by atoms with van der Waals surface area (Å²) in [5.41, 5.74) is 8.76. The van der Waals surface area contributed by atoms with Gasteiger partial charge in [0.05, 0.1) is 27.4 Å². The summed E-state index contributed by atoms with van der Waals surface area (Å²) in [4.78, 5) is 5.44. The van der Waals surface area contributed by atoms with E-state index in [-0.39, 0.29) is 30.8 Å². The lowest BCUT2D eigenvalue weighted by molar-refractivity contribution is -0.101. The summed E-state index contributed by atoms with van der Waals surface area (Å²) in [5, 5.41) is 0. The lowest BCUT2D eigenvalue weighted by Crippen LogP contribution is -2.69. The van der Waals surface area contributed by atoms with Crippen molar-refractivity contribution in [3.63, 3.8) is 0 Å². The van der Waals surface area contributed by atoms with Gasteiger partial charge in [0, 0.05) is 52.3 Å². The first kappa shape index (κ1) is 26.6. The molecular weight excluding hydrogens is 492 g/mol. The first-order valence-electron chi connectivity index (χ1n) is 14.4. The SMILES string of the molecule is CC[C@H]1c2c3c(c(C)c(OC)c2C(C)C2C4c5c(OC)c(OC)c(C)c(C)c5C(C)C(C(C)N21)N4C)OCO3. The summed E-state index contributed by atoms with van der Waals surface area (Å²) in [7, 11) is 7.64. The molecule has 39 heavy (non-hydrogen) atoms. The highest BCUT2D eigenvalue weighted by Gasteiger charge is 2.59. The number of hydrogen-bond acceptors (Lipinski definition) is 7. The van der Waals surface area contributed by atoms with E-state index in [4.69, 9.17) is 23.7 Å². The van der Waals surface area contributed by atoms with Gasteiger partial charge in [-0.25, -0.2) is 0 Å². The molecule has 0 aromatic heterocycles. The number of hydrogen-bond donors (Lipinski definition) is 0. The lowest BCUT2D eigenvalue weighted by atomic mass is 9.64. The second-order valence-electron chi connectivity index (χ2n) is 12.0. The van der Waals surface area contributed by atoms with Gasteiger partial charge in [0.15, 0.2) is 23.0 Å². The summed E-state index contributed by atoms with van der Waals surface area (Å²) in [6.45, 7) is 16.3. The largest absolute Gasteiger partial charge is 0.496 e. The molecule has 2 aromatic rings. The van der Waals surface area contributed by atoms with Gasteiger partial charge < -0.3 is 23.7 Å². The van der Waals surface area contributed by atoms with Crippen molar-refractivity contribution in [3.05, 3.63) is 38.9 Å². The van der Waals surface area contributed by atoms with Crippen LogP contribution in [-0.4, -0.2) is 63.1 Å². The number of rotatable bonds is 4. The van der Waals surface area contributed by atoms with Crippen LogP contribution in [0, 0.1) is 20.8 Å². The second-order valence-corrected chi connectivity index (χ2v) is 12.0. The lowest BCUT2D eigenvalue weighted by Gasteiger charge is -2.64. The number of fused-ring (bicyclic) bond motifs is 9. The zero-order valence-electron chi connectivity index (χ0n) is 25.4. The Kier molecular flexibility index (Phi) is 6.27. The number of piperazine rings is 1. The van der Waals surface area contributed by atoms with Crippen LogP contribution in [0.3, 0.4) is 0 Å². The van der Waals surface area contributed by atoms with Crippen LogP contribution in [0.4, 0.5) is 0 Å². The van der Waals surface area contributed by atoms with Crippen molar-refractivity contribution in [1.82, 2.24) is 9.80 Å².